The van der Waals surface area contributed by atoms with E-state index in [0.717, 1.165) is 16.7 Å². The zero-order chi connectivity index (χ0) is 21.0. The molecule has 29 heavy (non-hydrogen) atoms. The second kappa shape index (κ2) is 8.88. The van der Waals surface area contributed by atoms with Crippen LogP contribution in [0.4, 0.5) is 4.39 Å². The van der Waals surface area contributed by atoms with Gasteiger partial charge in [-0.25, -0.2) is 4.39 Å². The normalized spacial score (nSPS) is 11.9. The quantitative estimate of drug-likeness (QED) is 0.591. The first-order valence-electron chi connectivity index (χ1n) is 9.43. The summed E-state index contributed by atoms with van der Waals surface area (Å²) in [5, 5.41) is 9.07. The van der Waals surface area contributed by atoms with Crippen LogP contribution in [0.2, 0.25) is 0 Å². The summed E-state index contributed by atoms with van der Waals surface area (Å²) < 4.78 is 20.8. The van der Waals surface area contributed by atoms with Crippen molar-refractivity contribution in [2.24, 2.45) is 5.73 Å². The van der Waals surface area contributed by atoms with Gasteiger partial charge in [-0.05, 0) is 42.7 Å². The van der Waals surface area contributed by atoms with Crippen LogP contribution < -0.4 is 10.5 Å². The van der Waals surface area contributed by atoms with E-state index in [1.807, 2.05) is 25.1 Å². The molecule has 0 bridgehead atoms. The fourth-order valence-corrected chi connectivity index (χ4v) is 3.23. The first-order valence-corrected chi connectivity index (χ1v) is 9.43. The van der Waals surface area contributed by atoms with Gasteiger partial charge in [-0.2, -0.15) is 0 Å². The number of carbonyl (C=O) groups is 1. The number of aliphatic carboxylic acids is 1. The third kappa shape index (κ3) is 4.81. The molecular formula is C24H24FNO3. The zero-order valence-electron chi connectivity index (χ0n) is 16.5. The Morgan fingerprint density at radius 2 is 1.86 bits per heavy atom. The van der Waals surface area contributed by atoms with E-state index in [0.29, 0.717) is 22.4 Å². The fraction of sp³-hybridized carbons (Fsp3) is 0.208. The van der Waals surface area contributed by atoms with Gasteiger partial charge in [0.15, 0.2) is 0 Å². The maximum Gasteiger partial charge on any atom is 0.307 e. The summed E-state index contributed by atoms with van der Waals surface area (Å²) >= 11 is 0. The minimum atomic E-state index is -0.913. The highest BCUT2D eigenvalue weighted by molar-refractivity contribution is 5.71. The van der Waals surface area contributed by atoms with Crippen LogP contribution >= 0.6 is 0 Å². The number of ether oxygens (including phenoxy) is 1. The lowest BCUT2D eigenvalue weighted by Gasteiger charge is -2.15. The summed E-state index contributed by atoms with van der Waals surface area (Å²) in [5.41, 5.74) is 10.1. The van der Waals surface area contributed by atoms with Crippen molar-refractivity contribution in [1.29, 1.82) is 0 Å². The van der Waals surface area contributed by atoms with Crippen molar-refractivity contribution in [3.63, 3.8) is 0 Å². The van der Waals surface area contributed by atoms with Crippen molar-refractivity contribution in [1.82, 2.24) is 0 Å². The Labute approximate surface area is 169 Å². The Kier molecular flexibility index (Phi) is 6.29. The topological polar surface area (TPSA) is 72.5 Å². The molecule has 0 amide bonds. The standard InChI is InChI=1S/C24H24FNO3/c1-15-10-11-17(21-8-5-7-20(16(2)26)24(21)25)12-19(15)14-29-22-9-4-3-6-18(22)13-23(27)28/h3-12,16H,13-14,26H2,1-2H3,(H,27,28)/t16-/m1/s1. The highest BCUT2D eigenvalue weighted by Gasteiger charge is 2.14. The number of hydrogen-bond acceptors (Lipinski definition) is 3. The molecule has 0 heterocycles. The number of aryl methyl sites for hydroxylation is 1. The number of hydrogen-bond donors (Lipinski definition) is 2. The minimum absolute atomic E-state index is 0.107. The SMILES string of the molecule is Cc1ccc(-c2cccc([C@@H](C)N)c2F)cc1COc1ccccc1CC(=O)O. The Hall–Kier alpha value is -3.18. The summed E-state index contributed by atoms with van der Waals surface area (Å²) in [6.45, 7) is 3.97. The van der Waals surface area contributed by atoms with Crippen molar-refractivity contribution < 1.29 is 19.0 Å². The molecule has 3 rings (SSSR count). The number of carboxylic acids is 1. The number of rotatable bonds is 7. The molecule has 150 valence electrons. The first kappa shape index (κ1) is 20.6. The minimum Gasteiger partial charge on any atom is -0.489 e. The molecule has 3 aromatic rings. The fourth-order valence-electron chi connectivity index (χ4n) is 3.23. The van der Waals surface area contributed by atoms with Crippen LogP contribution in [-0.2, 0) is 17.8 Å². The molecule has 5 heteroatoms. The smallest absolute Gasteiger partial charge is 0.307 e. The molecule has 0 aliphatic rings. The number of benzene rings is 3. The van der Waals surface area contributed by atoms with Gasteiger partial charge in [-0.15, -0.1) is 0 Å². The van der Waals surface area contributed by atoms with E-state index in [1.165, 1.54) is 0 Å². The van der Waals surface area contributed by atoms with Gasteiger partial charge >= 0.3 is 5.97 Å². The summed E-state index contributed by atoms with van der Waals surface area (Å²) in [4.78, 5) is 11.1. The molecular weight excluding hydrogens is 369 g/mol. The van der Waals surface area contributed by atoms with Gasteiger partial charge in [0.05, 0.1) is 6.42 Å². The van der Waals surface area contributed by atoms with E-state index in [9.17, 15) is 9.18 Å². The predicted octanol–water partition coefficient (Wildman–Crippen LogP) is 5.03. The highest BCUT2D eigenvalue weighted by atomic mass is 19.1. The number of halogens is 1. The monoisotopic (exact) mass is 393 g/mol. The van der Waals surface area contributed by atoms with Gasteiger partial charge in [0.25, 0.3) is 0 Å². The van der Waals surface area contributed by atoms with Gasteiger partial charge < -0.3 is 15.6 Å². The van der Waals surface area contributed by atoms with Crippen LogP contribution in [0.1, 0.15) is 35.2 Å². The second-order valence-electron chi connectivity index (χ2n) is 7.11. The first-order chi connectivity index (χ1) is 13.9. The molecule has 1 atom stereocenters. The molecule has 0 saturated heterocycles. The maximum atomic E-state index is 14.9. The van der Waals surface area contributed by atoms with Gasteiger partial charge in [0.1, 0.15) is 18.2 Å². The van der Waals surface area contributed by atoms with Gasteiger partial charge in [0.2, 0.25) is 0 Å². The van der Waals surface area contributed by atoms with Crippen molar-refractivity contribution >= 4 is 5.97 Å². The molecule has 0 saturated carbocycles. The average Bonchev–Trinajstić information content (AvgIpc) is 2.68. The van der Waals surface area contributed by atoms with E-state index in [2.05, 4.69) is 0 Å². The van der Waals surface area contributed by atoms with Crippen molar-refractivity contribution in [2.75, 3.05) is 0 Å². The van der Waals surface area contributed by atoms with E-state index in [1.54, 1.807) is 49.4 Å². The van der Waals surface area contributed by atoms with E-state index in [4.69, 9.17) is 15.6 Å². The summed E-state index contributed by atoms with van der Waals surface area (Å²) in [6, 6.07) is 17.6. The van der Waals surface area contributed by atoms with E-state index in [-0.39, 0.29) is 18.8 Å². The van der Waals surface area contributed by atoms with Crippen LogP contribution in [0.15, 0.2) is 60.7 Å². The zero-order valence-corrected chi connectivity index (χ0v) is 16.5. The van der Waals surface area contributed by atoms with Gasteiger partial charge in [0, 0.05) is 22.7 Å². The van der Waals surface area contributed by atoms with Crippen LogP contribution in [0.25, 0.3) is 11.1 Å². The van der Waals surface area contributed by atoms with Crippen molar-refractivity contribution in [3.8, 4) is 16.9 Å². The Balaban J connectivity index is 1.88. The molecule has 0 unspecified atom stereocenters. The molecule has 3 aromatic carbocycles. The van der Waals surface area contributed by atoms with E-state index >= 15 is 0 Å². The molecule has 0 radical (unpaired) electrons. The third-order valence-electron chi connectivity index (χ3n) is 4.88. The summed E-state index contributed by atoms with van der Waals surface area (Å²) in [5.74, 6) is -0.696. The lowest BCUT2D eigenvalue weighted by atomic mass is 9.96. The molecule has 3 N–H and O–H groups in total. The van der Waals surface area contributed by atoms with Crippen LogP contribution in [0, 0.1) is 12.7 Å². The van der Waals surface area contributed by atoms with Gasteiger partial charge in [-0.1, -0.05) is 48.5 Å². The molecule has 0 aliphatic carbocycles. The molecule has 0 spiro atoms. The Morgan fingerprint density at radius 3 is 2.59 bits per heavy atom. The van der Waals surface area contributed by atoms with E-state index < -0.39 is 12.0 Å². The Morgan fingerprint density at radius 1 is 1.10 bits per heavy atom. The third-order valence-corrected chi connectivity index (χ3v) is 4.88. The van der Waals surface area contributed by atoms with Crippen molar-refractivity contribution in [3.05, 3.63) is 88.7 Å². The van der Waals surface area contributed by atoms with Crippen LogP contribution in [-0.4, -0.2) is 11.1 Å². The van der Waals surface area contributed by atoms with Crippen molar-refractivity contribution in [2.45, 2.75) is 32.9 Å². The molecule has 4 nitrogen and oxygen atoms in total. The molecule has 0 aromatic heterocycles. The Bertz CT molecular complexity index is 1030. The predicted molar refractivity (Wildman–Crippen MR) is 111 cm³/mol. The van der Waals surface area contributed by atoms with Crippen LogP contribution in [0.3, 0.4) is 0 Å². The summed E-state index contributed by atoms with van der Waals surface area (Å²) in [7, 11) is 0. The second-order valence-corrected chi connectivity index (χ2v) is 7.11. The lowest BCUT2D eigenvalue weighted by molar-refractivity contribution is -0.136. The number of carboxylic acid groups (broad SMARTS) is 1. The van der Waals surface area contributed by atoms with Crippen LogP contribution in [0.5, 0.6) is 5.75 Å². The maximum absolute atomic E-state index is 14.9. The largest absolute Gasteiger partial charge is 0.489 e. The number of para-hydroxylation sites is 1. The van der Waals surface area contributed by atoms with Gasteiger partial charge in [-0.3, -0.25) is 4.79 Å². The average molecular weight is 393 g/mol. The lowest BCUT2D eigenvalue weighted by Crippen LogP contribution is -2.08. The summed E-state index contributed by atoms with van der Waals surface area (Å²) in [6.07, 6.45) is -0.107. The highest BCUT2D eigenvalue weighted by Crippen LogP contribution is 2.29. The number of nitrogens with two attached hydrogens (primary N) is 1. The molecule has 0 fully saturated rings. The molecule has 0 aliphatic heterocycles.